The summed E-state index contributed by atoms with van der Waals surface area (Å²) in [5.74, 6) is -0.167. The Balaban J connectivity index is 0.00000120. The molecule has 0 aromatic heterocycles. The highest BCUT2D eigenvalue weighted by molar-refractivity contribution is 9.10. The summed E-state index contributed by atoms with van der Waals surface area (Å²) in [6, 6.07) is 12.1. The van der Waals surface area contributed by atoms with Crippen molar-refractivity contribution in [3.63, 3.8) is 0 Å². The SMILES string of the molecule is N.O=C1c2ccccc2C(=O)c2cc(Br)ccc21. The van der Waals surface area contributed by atoms with E-state index in [0.29, 0.717) is 22.3 Å². The fourth-order valence-corrected chi connectivity index (χ4v) is 2.43. The molecule has 0 aliphatic heterocycles. The summed E-state index contributed by atoms with van der Waals surface area (Å²) in [5.41, 5.74) is 1.94. The van der Waals surface area contributed by atoms with Gasteiger partial charge in [-0.15, -0.1) is 0 Å². The van der Waals surface area contributed by atoms with Crippen molar-refractivity contribution >= 4 is 27.5 Å². The van der Waals surface area contributed by atoms with Crippen LogP contribution in [0.4, 0.5) is 0 Å². The zero-order valence-electron chi connectivity index (χ0n) is 9.44. The minimum atomic E-state index is -0.0866. The van der Waals surface area contributed by atoms with Crippen molar-refractivity contribution in [1.29, 1.82) is 0 Å². The number of carbonyl (C=O) groups excluding carboxylic acids is 2. The van der Waals surface area contributed by atoms with E-state index in [1.807, 2.05) is 0 Å². The molecule has 3 rings (SSSR count). The summed E-state index contributed by atoms with van der Waals surface area (Å²) >= 11 is 3.31. The zero-order valence-corrected chi connectivity index (χ0v) is 11.0. The van der Waals surface area contributed by atoms with E-state index in [2.05, 4.69) is 15.9 Å². The van der Waals surface area contributed by atoms with Crippen LogP contribution in [-0.4, -0.2) is 11.6 Å². The maximum atomic E-state index is 12.2. The molecule has 0 unspecified atom stereocenters. The van der Waals surface area contributed by atoms with Gasteiger partial charge in [-0.2, -0.15) is 0 Å². The van der Waals surface area contributed by atoms with Crippen molar-refractivity contribution in [2.75, 3.05) is 0 Å². The largest absolute Gasteiger partial charge is 0.344 e. The van der Waals surface area contributed by atoms with Gasteiger partial charge in [0.05, 0.1) is 0 Å². The minimum Gasteiger partial charge on any atom is -0.344 e. The second kappa shape index (κ2) is 4.48. The van der Waals surface area contributed by atoms with Crippen LogP contribution < -0.4 is 6.15 Å². The Morgan fingerprint density at radius 2 is 1.22 bits per heavy atom. The first-order valence-electron chi connectivity index (χ1n) is 5.16. The smallest absolute Gasteiger partial charge is 0.194 e. The highest BCUT2D eigenvalue weighted by Gasteiger charge is 2.28. The van der Waals surface area contributed by atoms with Crippen molar-refractivity contribution < 1.29 is 9.59 Å². The number of hydrogen-bond donors (Lipinski definition) is 1. The lowest BCUT2D eigenvalue weighted by Gasteiger charge is -2.17. The van der Waals surface area contributed by atoms with Gasteiger partial charge in [-0.25, -0.2) is 0 Å². The van der Waals surface area contributed by atoms with Gasteiger partial charge in [-0.05, 0) is 18.2 Å². The lowest BCUT2D eigenvalue weighted by atomic mass is 9.84. The molecule has 2 aromatic carbocycles. The first kappa shape index (κ1) is 12.7. The second-order valence-electron chi connectivity index (χ2n) is 3.89. The Bertz CT molecular complexity index is 665. The highest BCUT2D eigenvalue weighted by Crippen LogP contribution is 2.28. The van der Waals surface area contributed by atoms with Gasteiger partial charge in [0, 0.05) is 26.7 Å². The third-order valence-electron chi connectivity index (χ3n) is 2.89. The van der Waals surface area contributed by atoms with Crippen LogP contribution in [0.1, 0.15) is 31.8 Å². The van der Waals surface area contributed by atoms with Crippen molar-refractivity contribution in [3.05, 3.63) is 69.2 Å². The van der Waals surface area contributed by atoms with Crippen molar-refractivity contribution in [3.8, 4) is 0 Å². The average Bonchev–Trinajstić information content (AvgIpc) is 2.36. The lowest BCUT2D eigenvalue weighted by Crippen LogP contribution is -2.20. The quantitative estimate of drug-likeness (QED) is 0.692. The number of rotatable bonds is 0. The number of benzene rings is 2. The Kier molecular flexibility index (Phi) is 3.15. The topological polar surface area (TPSA) is 69.1 Å². The molecule has 1 aliphatic rings. The van der Waals surface area contributed by atoms with E-state index in [1.54, 1.807) is 42.5 Å². The molecule has 1 aliphatic carbocycles. The van der Waals surface area contributed by atoms with E-state index >= 15 is 0 Å². The molecule has 0 bridgehead atoms. The predicted octanol–water partition coefficient (Wildman–Crippen LogP) is 3.39. The van der Waals surface area contributed by atoms with Crippen LogP contribution in [0.15, 0.2) is 46.9 Å². The van der Waals surface area contributed by atoms with Crippen LogP contribution in [-0.2, 0) is 0 Å². The summed E-state index contributed by atoms with van der Waals surface area (Å²) in [7, 11) is 0. The minimum absolute atomic E-state index is 0. The van der Waals surface area contributed by atoms with Crippen molar-refractivity contribution in [2.24, 2.45) is 0 Å². The summed E-state index contributed by atoms with van der Waals surface area (Å²) < 4.78 is 0.803. The van der Waals surface area contributed by atoms with E-state index in [4.69, 9.17) is 0 Å². The zero-order chi connectivity index (χ0) is 12.0. The van der Waals surface area contributed by atoms with E-state index in [9.17, 15) is 9.59 Å². The molecule has 0 spiro atoms. The van der Waals surface area contributed by atoms with Crippen LogP contribution in [0, 0.1) is 0 Å². The summed E-state index contributed by atoms with van der Waals surface area (Å²) in [6.45, 7) is 0. The second-order valence-corrected chi connectivity index (χ2v) is 4.81. The van der Waals surface area contributed by atoms with Crippen molar-refractivity contribution in [2.45, 2.75) is 0 Å². The fourth-order valence-electron chi connectivity index (χ4n) is 2.07. The van der Waals surface area contributed by atoms with Crippen LogP contribution >= 0.6 is 15.9 Å². The van der Waals surface area contributed by atoms with Gasteiger partial charge in [0.1, 0.15) is 0 Å². The third kappa shape index (κ3) is 1.70. The van der Waals surface area contributed by atoms with Gasteiger partial charge < -0.3 is 6.15 Å². The third-order valence-corrected chi connectivity index (χ3v) is 3.38. The number of carbonyl (C=O) groups is 2. The van der Waals surface area contributed by atoms with Crippen LogP contribution in [0.25, 0.3) is 0 Å². The number of ketones is 2. The molecule has 3 nitrogen and oxygen atoms in total. The van der Waals surface area contributed by atoms with Crippen LogP contribution in [0.3, 0.4) is 0 Å². The van der Waals surface area contributed by atoms with Crippen LogP contribution in [0.2, 0.25) is 0 Å². The Labute approximate surface area is 113 Å². The molecule has 0 saturated heterocycles. The molecular formula is C14H10BrNO2. The molecule has 4 heteroatoms. The number of hydrogen-bond acceptors (Lipinski definition) is 3. The summed E-state index contributed by atoms with van der Waals surface area (Å²) in [5, 5.41) is 0. The van der Waals surface area contributed by atoms with E-state index in [0.717, 1.165) is 4.47 Å². The predicted molar refractivity (Wildman–Crippen MR) is 72.5 cm³/mol. The fraction of sp³-hybridized carbons (Fsp3) is 0. The van der Waals surface area contributed by atoms with Crippen LogP contribution in [0.5, 0.6) is 0 Å². The molecule has 90 valence electrons. The first-order chi connectivity index (χ1) is 8.18. The molecular weight excluding hydrogens is 294 g/mol. The Hall–Kier alpha value is -1.78. The van der Waals surface area contributed by atoms with Gasteiger partial charge in [-0.3, -0.25) is 9.59 Å². The van der Waals surface area contributed by atoms with Gasteiger partial charge in [0.2, 0.25) is 0 Å². The first-order valence-corrected chi connectivity index (χ1v) is 5.96. The molecule has 2 aromatic rings. The Morgan fingerprint density at radius 3 is 1.83 bits per heavy atom. The average molecular weight is 304 g/mol. The summed E-state index contributed by atoms with van der Waals surface area (Å²) in [4.78, 5) is 24.4. The molecule has 18 heavy (non-hydrogen) atoms. The highest BCUT2D eigenvalue weighted by atomic mass is 79.9. The molecule has 0 fully saturated rings. The van der Waals surface area contributed by atoms with Gasteiger partial charge in [0.25, 0.3) is 0 Å². The van der Waals surface area contributed by atoms with E-state index in [-0.39, 0.29) is 17.7 Å². The van der Waals surface area contributed by atoms with E-state index < -0.39 is 0 Å². The molecule has 0 heterocycles. The lowest BCUT2D eigenvalue weighted by molar-refractivity contribution is 0.0979. The molecule has 3 N–H and O–H groups in total. The van der Waals surface area contributed by atoms with Gasteiger partial charge >= 0.3 is 0 Å². The van der Waals surface area contributed by atoms with Gasteiger partial charge in [-0.1, -0.05) is 40.2 Å². The maximum Gasteiger partial charge on any atom is 0.194 e. The molecule has 0 saturated carbocycles. The number of fused-ring (bicyclic) bond motifs is 2. The Morgan fingerprint density at radius 1 is 0.722 bits per heavy atom. The molecule has 0 radical (unpaired) electrons. The number of halogens is 1. The standard InChI is InChI=1S/C14H7BrO2.H3N/c15-8-5-6-11-12(7-8)14(17)10-4-2-1-3-9(10)13(11)16;/h1-7H;1H3. The molecule has 0 atom stereocenters. The van der Waals surface area contributed by atoms with E-state index in [1.165, 1.54) is 0 Å². The van der Waals surface area contributed by atoms with Gasteiger partial charge in [0.15, 0.2) is 11.6 Å². The normalized spacial score (nSPS) is 12.5. The van der Waals surface area contributed by atoms with Crippen molar-refractivity contribution in [1.82, 2.24) is 6.15 Å². The summed E-state index contributed by atoms with van der Waals surface area (Å²) in [6.07, 6.45) is 0. The maximum absolute atomic E-state index is 12.2. The molecule has 0 amide bonds. The monoisotopic (exact) mass is 303 g/mol.